The summed E-state index contributed by atoms with van der Waals surface area (Å²) in [7, 11) is 0. The Balaban J connectivity index is 1.87. The minimum absolute atomic E-state index is 0.0496. The Hall–Kier alpha value is -3.36. The number of hydrogen-bond donors (Lipinski definition) is 3. The summed E-state index contributed by atoms with van der Waals surface area (Å²) < 4.78 is 5.65. The molecule has 1 atom stereocenters. The Labute approximate surface area is 180 Å². The van der Waals surface area contributed by atoms with E-state index in [0.29, 0.717) is 11.1 Å². The van der Waals surface area contributed by atoms with Crippen LogP contribution < -0.4 is 15.6 Å². The van der Waals surface area contributed by atoms with Crippen LogP contribution in [-0.2, 0) is 9.59 Å². The van der Waals surface area contributed by atoms with Gasteiger partial charge in [-0.15, -0.1) is 5.10 Å². The maximum Gasteiger partial charge on any atom is 0.315 e. The van der Waals surface area contributed by atoms with E-state index in [0.717, 1.165) is 0 Å². The molecular weight excluding hydrogens is 433 g/mol. The number of carboxylic acid groups (broad SMARTS) is 1. The Morgan fingerprint density at radius 3 is 2.37 bits per heavy atom. The molecule has 0 spiro atoms. The third kappa shape index (κ3) is 4.79. The predicted octanol–water partition coefficient (Wildman–Crippen LogP) is 4.20. The largest absolute Gasteiger partial charge is 0.481 e. The molecule has 3 N–H and O–H groups in total. The van der Waals surface area contributed by atoms with Crippen molar-refractivity contribution in [2.45, 2.75) is 6.92 Å². The molecule has 30 heavy (non-hydrogen) atoms. The number of nitrogens with one attached hydrogen (secondary N) is 2. The summed E-state index contributed by atoms with van der Waals surface area (Å²) in [4.78, 5) is 34.9. The van der Waals surface area contributed by atoms with Gasteiger partial charge in [-0.3, -0.25) is 14.4 Å². The molecule has 0 saturated heterocycles. The highest BCUT2D eigenvalue weighted by atomic mass is 35.5. The molecule has 1 unspecified atom stereocenters. The number of rotatable bonds is 6. The molecule has 3 rings (SSSR count). The van der Waals surface area contributed by atoms with Gasteiger partial charge in [0, 0.05) is 11.8 Å². The molecule has 1 heterocycles. The van der Waals surface area contributed by atoms with Crippen LogP contribution in [0.25, 0.3) is 11.1 Å². The molecule has 0 aliphatic rings. The molecule has 0 radical (unpaired) electrons. The summed E-state index contributed by atoms with van der Waals surface area (Å²) in [6.45, 7) is 1.25. The summed E-state index contributed by atoms with van der Waals surface area (Å²) in [6.07, 6.45) is 0. The highest BCUT2D eigenvalue weighted by Crippen LogP contribution is 2.38. The number of halogens is 2. The van der Waals surface area contributed by atoms with Gasteiger partial charge in [-0.2, -0.15) is 0 Å². The second-order valence-electron chi connectivity index (χ2n) is 6.24. The normalized spacial score (nSPS) is 11.6. The molecule has 0 aliphatic carbocycles. The fourth-order valence-electron chi connectivity index (χ4n) is 2.47. The van der Waals surface area contributed by atoms with E-state index in [-0.39, 0.29) is 27.4 Å². The van der Waals surface area contributed by atoms with Gasteiger partial charge in [0.25, 0.3) is 5.56 Å². The van der Waals surface area contributed by atoms with Crippen molar-refractivity contribution in [2.24, 2.45) is 5.92 Å². The number of hydrogen-bond acceptors (Lipinski definition) is 5. The number of carbonyl (C=O) groups is 2. The van der Waals surface area contributed by atoms with Crippen LogP contribution in [0, 0.1) is 5.92 Å². The van der Waals surface area contributed by atoms with E-state index in [9.17, 15) is 14.4 Å². The zero-order chi connectivity index (χ0) is 21.8. The monoisotopic (exact) mass is 447 g/mol. The number of aromatic nitrogens is 2. The van der Waals surface area contributed by atoms with Gasteiger partial charge in [0.15, 0.2) is 5.75 Å². The lowest BCUT2D eigenvalue weighted by atomic mass is 10.1. The van der Waals surface area contributed by atoms with Crippen LogP contribution in [0.5, 0.6) is 11.6 Å². The Kier molecular flexibility index (Phi) is 6.39. The molecule has 0 aliphatic heterocycles. The SMILES string of the molecule is CC(C(=O)O)C(=O)Nc1cc(Cl)c(Oc2cc(-c3ccccc3)c(=O)[nH]n2)c(Cl)c1. The van der Waals surface area contributed by atoms with Crippen LogP contribution in [0.1, 0.15) is 6.92 Å². The van der Waals surface area contributed by atoms with E-state index in [4.69, 9.17) is 33.0 Å². The average molecular weight is 448 g/mol. The fourth-order valence-corrected chi connectivity index (χ4v) is 3.03. The van der Waals surface area contributed by atoms with Gasteiger partial charge >= 0.3 is 5.97 Å². The van der Waals surface area contributed by atoms with Gasteiger partial charge in [-0.25, -0.2) is 5.10 Å². The van der Waals surface area contributed by atoms with Crippen LogP contribution in [0.2, 0.25) is 10.0 Å². The van der Waals surface area contributed by atoms with Gasteiger partial charge in [0.1, 0.15) is 5.92 Å². The minimum Gasteiger partial charge on any atom is -0.481 e. The lowest BCUT2D eigenvalue weighted by Gasteiger charge is -2.13. The molecule has 3 aromatic rings. The van der Waals surface area contributed by atoms with Crippen molar-refractivity contribution in [2.75, 3.05) is 5.32 Å². The molecular formula is C20H15Cl2N3O5. The van der Waals surface area contributed by atoms with Crippen LogP contribution >= 0.6 is 23.2 Å². The number of anilines is 1. The van der Waals surface area contributed by atoms with Gasteiger partial charge in [-0.05, 0) is 24.6 Å². The third-order valence-electron chi connectivity index (χ3n) is 4.10. The number of ether oxygens (including phenoxy) is 1. The standard InChI is InChI=1S/C20H15Cl2N3O5/c1-10(20(28)29)18(26)23-12-7-14(21)17(15(22)8-12)30-16-9-13(19(27)25-24-16)11-5-3-2-4-6-11/h2-10H,1H3,(H,23,26)(H,25,27)(H,28,29). The van der Waals surface area contributed by atoms with Crippen molar-refractivity contribution in [3.8, 4) is 22.8 Å². The first-order chi connectivity index (χ1) is 14.3. The lowest BCUT2D eigenvalue weighted by Crippen LogP contribution is -2.26. The molecule has 154 valence electrons. The fraction of sp³-hybridized carbons (Fsp3) is 0.100. The number of benzene rings is 2. The number of aromatic amines is 1. The van der Waals surface area contributed by atoms with E-state index in [1.165, 1.54) is 25.1 Å². The third-order valence-corrected chi connectivity index (χ3v) is 4.66. The molecule has 2 aromatic carbocycles. The Morgan fingerprint density at radius 2 is 1.77 bits per heavy atom. The zero-order valence-corrected chi connectivity index (χ0v) is 17.0. The number of nitrogens with zero attached hydrogens (tertiary/aromatic N) is 1. The first-order valence-electron chi connectivity index (χ1n) is 8.62. The second-order valence-corrected chi connectivity index (χ2v) is 7.05. The zero-order valence-electron chi connectivity index (χ0n) is 15.5. The molecule has 8 nitrogen and oxygen atoms in total. The van der Waals surface area contributed by atoms with Crippen molar-refractivity contribution >= 4 is 40.8 Å². The van der Waals surface area contributed by atoms with E-state index >= 15 is 0 Å². The van der Waals surface area contributed by atoms with Gasteiger partial charge < -0.3 is 15.2 Å². The minimum atomic E-state index is -1.26. The van der Waals surface area contributed by atoms with Crippen LogP contribution in [0.3, 0.4) is 0 Å². The first kappa shape index (κ1) is 21.4. The van der Waals surface area contributed by atoms with Crippen molar-refractivity contribution < 1.29 is 19.4 Å². The van der Waals surface area contributed by atoms with E-state index < -0.39 is 23.4 Å². The highest BCUT2D eigenvalue weighted by molar-refractivity contribution is 6.37. The van der Waals surface area contributed by atoms with Crippen LogP contribution in [0.15, 0.2) is 53.3 Å². The number of carboxylic acids is 1. The predicted molar refractivity (Wildman–Crippen MR) is 112 cm³/mol. The van der Waals surface area contributed by atoms with E-state index in [2.05, 4.69) is 15.5 Å². The summed E-state index contributed by atoms with van der Waals surface area (Å²) in [6, 6.07) is 13.1. The number of aliphatic carboxylic acids is 1. The molecule has 0 saturated carbocycles. The maximum absolute atomic E-state index is 12.1. The van der Waals surface area contributed by atoms with E-state index in [1.54, 1.807) is 24.3 Å². The Morgan fingerprint density at radius 1 is 1.13 bits per heavy atom. The average Bonchev–Trinajstić information content (AvgIpc) is 2.71. The summed E-state index contributed by atoms with van der Waals surface area (Å²) in [5.74, 6) is -3.13. The van der Waals surface area contributed by atoms with Crippen LogP contribution in [-0.4, -0.2) is 27.2 Å². The molecule has 1 amide bonds. The van der Waals surface area contributed by atoms with E-state index in [1.807, 2.05) is 6.07 Å². The maximum atomic E-state index is 12.1. The summed E-state index contributed by atoms with van der Waals surface area (Å²) in [5, 5.41) is 17.6. The van der Waals surface area contributed by atoms with Crippen LogP contribution in [0.4, 0.5) is 5.69 Å². The second kappa shape index (κ2) is 8.98. The first-order valence-corrected chi connectivity index (χ1v) is 9.37. The Bertz CT molecular complexity index is 1140. The molecule has 10 heteroatoms. The van der Waals surface area contributed by atoms with Crippen molar-refractivity contribution in [3.63, 3.8) is 0 Å². The highest BCUT2D eigenvalue weighted by Gasteiger charge is 2.21. The smallest absolute Gasteiger partial charge is 0.315 e. The summed E-state index contributed by atoms with van der Waals surface area (Å²) in [5.41, 5.74) is 0.833. The van der Waals surface area contributed by atoms with Crippen molar-refractivity contribution in [1.82, 2.24) is 10.2 Å². The number of amides is 1. The molecule has 0 bridgehead atoms. The van der Waals surface area contributed by atoms with Gasteiger partial charge in [0.2, 0.25) is 11.8 Å². The van der Waals surface area contributed by atoms with Crippen molar-refractivity contribution in [3.05, 3.63) is 68.9 Å². The summed E-state index contributed by atoms with van der Waals surface area (Å²) >= 11 is 12.4. The lowest BCUT2D eigenvalue weighted by molar-refractivity contribution is -0.144. The quantitative estimate of drug-likeness (QED) is 0.486. The van der Waals surface area contributed by atoms with Crippen molar-refractivity contribution in [1.29, 1.82) is 0 Å². The molecule has 0 fully saturated rings. The topological polar surface area (TPSA) is 121 Å². The van der Waals surface area contributed by atoms with Gasteiger partial charge in [-0.1, -0.05) is 53.5 Å². The number of carbonyl (C=O) groups excluding carboxylic acids is 1. The number of H-pyrrole nitrogens is 1. The van der Waals surface area contributed by atoms with Gasteiger partial charge in [0.05, 0.1) is 15.6 Å². The molecule has 1 aromatic heterocycles.